The summed E-state index contributed by atoms with van der Waals surface area (Å²) in [5.74, 6) is -1.53. The van der Waals surface area contributed by atoms with Crippen molar-refractivity contribution < 1.29 is 26.4 Å². The van der Waals surface area contributed by atoms with Gasteiger partial charge >= 0.3 is 0 Å². The Morgan fingerprint density at radius 2 is 1.62 bits per heavy atom. The number of sulfone groups is 1. The van der Waals surface area contributed by atoms with Crippen LogP contribution in [0.5, 0.6) is 0 Å². The number of ketones is 1. The molecule has 0 aliphatic carbocycles. The number of aromatic nitrogens is 1. The topological polar surface area (TPSA) is 77.2 Å². The van der Waals surface area contributed by atoms with Gasteiger partial charge in [0.1, 0.15) is 22.9 Å². The van der Waals surface area contributed by atoms with E-state index < -0.39 is 21.6 Å². The van der Waals surface area contributed by atoms with Gasteiger partial charge < -0.3 is 4.42 Å². The van der Waals surface area contributed by atoms with Crippen LogP contribution in [-0.2, 0) is 27.5 Å². The number of hydrogen-bond donors (Lipinski definition) is 0. The van der Waals surface area contributed by atoms with E-state index in [9.17, 15) is 22.0 Å². The minimum absolute atomic E-state index is 0.129. The summed E-state index contributed by atoms with van der Waals surface area (Å²) in [6, 6.07) is 15.9. The Bertz CT molecular complexity index is 1380. The highest BCUT2D eigenvalue weighted by atomic mass is 32.2. The summed E-state index contributed by atoms with van der Waals surface area (Å²) in [6.45, 7) is 0. The first-order valence-electron chi connectivity index (χ1n) is 9.81. The molecule has 1 atom stereocenters. The molecule has 0 radical (unpaired) electrons. The molecule has 1 aromatic heterocycles. The van der Waals surface area contributed by atoms with Crippen LogP contribution in [0.4, 0.5) is 8.78 Å². The normalized spacial score (nSPS) is 12.7. The van der Waals surface area contributed by atoms with Crippen LogP contribution in [0, 0.1) is 11.6 Å². The summed E-state index contributed by atoms with van der Waals surface area (Å²) < 4.78 is 55.9. The van der Waals surface area contributed by atoms with Crippen molar-refractivity contribution in [2.24, 2.45) is 0 Å². The lowest BCUT2D eigenvalue weighted by Gasteiger charge is -2.16. The summed E-state index contributed by atoms with van der Waals surface area (Å²) in [7, 11) is -3.38. The van der Waals surface area contributed by atoms with Gasteiger partial charge in [-0.15, -0.1) is 0 Å². The second kappa shape index (κ2) is 8.63. The van der Waals surface area contributed by atoms with E-state index in [0.717, 1.165) is 11.8 Å². The molecule has 4 rings (SSSR count). The van der Waals surface area contributed by atoms with Crippen molar-refractivity contribution in [1.82, 2.24) is 4.98 Å². The highest BCUT2D eigenvalue weighted by Gasteiger charge is 2.24. The van der Waals surface area contributed by atoms with Gasteiger partial charge in [0.15, 0.2) is 15.4 Å². The fourth-order valence-electron chi connectivity index (χ4n) is 3.52. The lowest BCUT2D eigenvalue weighted by molar-refractivity contribution is -0.120. The second-order valence-electron chi connectivity index (χ2n) is 7.59. The molecule has 1 heterocycles. The smallest absolute Gasteiger partial charge is 0.202 e. The molecule has 3 aromatic carbocycles. The number of carbonyl (C=O) groups excluding carboxylic acids is 1. The van der Waals surface area contributed by atoms with Crippen molar-refractivity contribution in [2.75, 3.05) is 6.26 Å². The number of Topliss-reactive ketones (excluding diaryl/α,β-unsaturated/α-hetero) is 1. The molecule has 0 fully saturated rings. The van der Waals surface area contributed by atoms with E-state index >= 15 is 0 Å². The van der Waals surface area contributed by atoms with Gasteiger partial charge in [-0.3, -0.25) is 4.79 Å². The number of rotatable bonds is 7. The molecule has 0 bridgehead atoms. The third kappa shape index (κ3) is 4.91. The van der Waals surface area contributed by atoms with E-state index in [4.69, 9.17) is 4.42 Å². The van der Waals surface area contributed by atoms with Gasteiger partial charge in [-0.1, -0.05) is 24.3 Å². The quantitative estimate of drug-likeness (QED) is 0.406. The molecule has 8 heteroatoms. The summed E-state index contributed by atoms with van der Waals surface area (Å²) in [6.07, 6.45) is 1.27. The number of carbonyl (C=O) groups is 1. The average molecular weight is 455 g/mol. The van der Waals surface area contributed by atoms with Crippen molar-refractivity contribution in [3.05, 3.63) is 95.4 Å². The molecule has 0 saturated carbocycles. The van der Waals surface area contributed by atoms with Crippen LogP contribution in [0.15, 0.2) is 76.0 Å². The van der Waals surface area contributed by atoms with Crippen LogP contribution in [0.25, 0.3) is 11.1 Å². The van der Waals surface area contributed by atoms with Gasteiger partial charge in [0.2, 0.25) is 5.89 Å². The Hall–Kier alpha value is -3.39. The fourth-order valence-corrected chi connectivity index (χ4v) is 4.15. The van der Waals surface area contributed by atoms with E-state index in [1.807, 2.05) is 0 Å². The highest BCUT2D eigenvalue weighted by molar-refractivity contribution is 7.90. The number of nitrogens with zero attached hydrogens (tertiary/aromatic N) is 1. The molecule has 0 N–H and O–H groups in total. The predicted octanol–water partition coefficient (Wildman–Crippen LogP) is 4.65. The third-order valence-corrected chi connectivity index (χ3v) is 6.30. The summed E-state index contributed by atoms with van der Waals surface area (Å²) in [5, 5.41) is 0. The number of oxazole rings is 1. The largest absolute Gasteiger partial charge is 0.440 e. The minimum atomic E-state index is -3.38. The second-order valence-corrected chi connectivity index (χ2v) is 9.60. The molecule has 0 spiro atoms. The van der Waals surface area contributed by atoms with Crippen LogP contribution >= 0.6 is 0 Å². The first-order chi connectivity index (χ1) is 15.2. The van der Waals surface area contributed by atoms with E-state index in [-0.39, 0.29) is 35.2 Å². The van der Waals surface area contributed by atoms with Gasteiger partial charge in [-0.05, 0) is 53.9 Å². The zero-order valence-corrected chi connectivity index (χ0v) is 17.9. The fraction of sp³-hybridized carbons (Fsp3) is 0.167. The van der Waals surface area contributed by atoms with Crippen molar-refractivity contribution in [3.63, 3.8) is 0 Å². The molecule has 0 aliphatic heterocycles. The number of halogens is 2. The predicted molar refractivity (Wildman–Crippen MR) is 115 cm³/mol. The molecule has 0 amide bonds. The Kier molecular flexibility index (Phi) is 5.88. The minimum Gasteiger partial charge on any atom is -0.440 e. The molecule has 5 nitrogen and oxygen atoms in total. The third-order valence-electron chi connectivity index (χ3n) is 5.17. The summed E-state index contributed by atoms with van der Waals surface area (Å²) >= 11 is 0. The maximum absolute atomic E-state index is 13.4. The van der Waals surface area contributed by atoms with Crippen molar-refractivity contribution in [2.45, 2.75) is 23.7 Å². The van der Waals surface area contributed by atoms with E-state index in [0.29, 0.717) is 16.7 Å². The Labute approximate surface area is 183 Å². The molecule has 164 valence electrons. The zero-order chi connectivity index (χ0) is 22.9. The van der Waals surface area contributed by atoms with Crippen LogP contribution < -0.4 is 0 Å². The van der Waals surface area contributed by atoms with Crippen LogP contribution in [0.2, 0.25) is 0 Å². The highest BCUT2D eigenvalue weighted by Crippen LogP contribution is 2.26. The molecule has 32 heavy (non-hydrogen) atoms. The van der Waals surface area contributed by atoms with Gasteiger partial charge in [0.25, 0.3) is 0 Å². The van der Waals surface area contributed by atoms with Gasteiger partial charge in [-0.25, -0.2) is 22.2 Å². The van der Waals surface area contributed by atoms with E-state index in [1.165, 1.54) is 42.5 Å². The number of fused-ring (bicyclic) bond motifs is 1. The first-order valence-corrected chi connectivity index (χ1v) is 11.7. The monoisotopic (exact) mass is 455 g/mol. The maximum Gasteiger partial charge on any atom is 0.202 e. The van der Waals surface area contributed by atoms with Crippen molar-refractivity contribution in [1.29, 1.82) is 0 Å². The molecule has 0 aliphatic rings. The van der Waals surface area contributed by atoms with Crippen molar-refractivity contribution >= 4 is 26.7 Å². The Morgan fingerprint density at radius 3 is 2.28 bits per heavy atom. The van der Waals surface area contributed by atoms with Crippen molar-refractivity contribution in [3.8, 4) is 0 Å². The van der Waals surface area contributed by atoms with Gasteiger partial charge in [-0.2, -0.15) is 0 Å². The lowest BCUT2D eigenvalue weighted by Crippen LogP contribution is -2.18. The van der Waals surface area contributed by atoms with Gasteiger partial charge in [0.05, 0.1) is 11.3 Å². The van der Waals surface area contributed by atoms with Gasteiger partial charge in [0, 0.05) is 18.2 Å². The Balaban J connectivity index is 1.65. The number of benzene rings is 3. The zero-order valence-electron chi connectivity index (χ0n) is 17.1. The first kappa shape index (κ1) is 21.8. The van der Waals surface area contributed by atoms with Crippen LogP contribution in [0.3, 0.4) is 0 Å². The summed E-state index contributed by atoms with van der Waals surface area (Å²) in [4.78, 5) is 17.6. The molecule has 1 unspecified atom stereocenters. The SMILES string of the molecule is CS(=O)(=O)c1ccc(C(Cc2ccc(F)cc2)C(=O)Cc2nc3cc(F)ccc3o2)cc1. The molecule has 0 saturated heterocycles. The Morgan fingerprint density at radius 1 is 0.969 bits per heavy atom. The standard InChI is InChI=1S/C24H19F2NO4S/c1-32(29,30)19-9-4-16(5-10-19)20(12-15-2-6-17(25)7-3-15)22(28)14-24-27-21-13-18(26)8-11-23(21)31-24/h2-11,13,20H,12,14H2,1H3. The number of hydrogen-bond acceptors (Lipinski definition) is 5. The van der Waals surface area contributed by atoms with Crippen LogP contribution in [0.1, 0.15) is 22.9 Å². The average Bonchev–Trinajstić information content (AvgIpc) is 3.14. The van der Waals surface area contributed by atoms with Crippen LogP contribution in [-0.4, -0.2) is 25.4 Å². The lowest BCUT2D eigenvalue weighted by atomic mass is 9.87. The van der Waals surface area contributed by atoms with E-state index in [1.54, 1.807) is 24.3 Å². The summed E-state index contributed by atoms with van der Waals surface area (Å²) in [5.41, 5.74) is 2.06. The van der Waals surface area contributed by atoms with E-state index in [2.05, 4.69) is 4.98 Å². The molecular formula is C24H19F2NO4S. The maximum atomic E-state index is 13.4. The molecule has 4 aromatic rings. The molecular weight excluding hydrogens is 436 g/mol.